The number of fused-ring (bicyclic) bond motifs is 1. The van der Waals surface area contributed by atoms with Gasteiger partial charge in [-0.2, -0.15) is 0 Å². The zero-order valence-electron chi connectivity index (χ0n) is 20.0. The van der Waals surface area contributed by atoms with Gasteiger partial charge in [-0.25, -0.2) is 26.3 Å². The fourth-order valence-electron chi connectivity index (χ4n) is 5.29. The second kappa shape index (κ2) is 8.85. The molecule has 2 saturated carbocycles. The Morgan fingerprint density at radius 3 is 2.44 bits per heavy atom. The predicted octanol–water partition coefficient (Wildman–Crippen LogP) is 3.52. The second-order valence-electron chi connectivity index (χ2n) is 10.4. The summed E-state index contributed by atoms with van der Waals surface area (Å²) in [5, 5.41) is 10.3. The highest BCUT2D eigenvalue weighted by Gasteiger charge is 2.62. The van der Waals surface area contributed by atoms with Crippen LogP contribution in [0.2, 0.25) is 0 Å². The number of hydrogen-bond donors (Lipinski definition) is 2. The molecule has 1 saturated heterocycles. The van der Waals surface area contributed by atoms with E-state index in [0.29, 0.717) is 25.3 Å². The van der Waals surface area contributed by atoms with Crippen LogP contribution < -0.4 is 4.72 Å². The van der Waals surface area contributed by atoms with Crippen molar-refractivity contribution >= 4 is 15.9 Å². The number of halogens is 3. The van der Waals surface area contributed by atoms with Crippen molar-refractivity contribution in [3.8, 4) is 11.1 Å². The molecular formula is C26H29F3N2O4S. The van der Waals surface area contributed by atoms with Crippen LogP contribution in [0.1, 0.15) is 45.1 Å². The average molecular weight is 523 g/mol. The molecule has 1 aliphatic heterocycles. The number of hydrogen-bond acceptors (Lipinski definition) is 4. The van der Waals surface area contributed by atoms with E-state index in [1.165, 1.54) is 24.0 Å². The normalized spacial score (nSPS) is 27.0. The number of rotatable bonds is 8. The van der Waals surface area contributed by atoms with Crippen molar-refractivity contribution in [2.24, 2.45) is 5.92 Å². The fraction of sp³-hybridized carbons (Fsp3) is 0.500. The number of carbonyl (C=O) groups excluding carboxylic acids is 1. The van der Waals surface area contributed by atoms with Crippen molar-refractivity contribution in [1.29, 1.82) is 0 Å². The van der Waals surface area contributed by atoms with Crippen LogP contribution in [0.3, 0.4) is 0 Å². The average Bonchev–Trinajstić information content (AvgIpc) is 3.72. The van der Waals surface area contributed by atoms with Gasteiger partial charge in [0.05, 0.1) is 11.3 Å². The zero-order valence-corrected chi connectivity index (χ0v) is 20.9. The second-order valence-corrected chi connectivity index (χ2v) is 12.4. The molecule has 1 unspecified atom stereocenters. The summed E-state index contributed by atoms with van der Waals surface area (Å²) in [6, 6.07) is 5.70. The van der Waals surface area contributed by atoms with Crippen LogP contribution in [0, 0.1) is 23.4 Å². The standard InChI is InChI=1S/C26H29F3N2O4S/c1-3-26(2,33)25(32)31-21-13-20(21)24(30-36(34,35)18-7-8-18)22(31)11-14-5-4-6-19(23(14)29)15-9-16(27)12-17(28)10-15/h4-6,9-10,12,18,20-22,24,30,33H,3,7-8,11,13H2,1-2H3/t20-,21+,22+,24+,26?/m0/s1. The Morgan fingerprint density at radius 1 is 1.17 bits per heavy atom. The van der Waals surface area contributed by atoms with E-state index in [0.717, 1.165) is 12.1 Å². The van der Waals surface area contributed by atoms with Crippen LogP contribution in [0.5, 0.6) is 0 Å². The monoisotopic (exact) mass is 522 g/mol. The molecule has 5 atom stereocenters. The number of benzene rings is 2. The summed E-state index contributed by atoms with van der Waals surface area (Å²) in [6.07, 6.45) is 1.91. The molecule has 3 fully saturated rings. The summed E-state index contributed by atoms with van der Waals surface area (Å²) < 4.78 is 71.7. The fourth-order valence-corrected chi connectivity index (χ4v) is 6.95. The topological polar surface area (TPSA) is 86.7 Å². The Hall–Kier alpha value is -2.43. The van der Waals surface area contributed by atoms with Gasteiger partial charge in [0.25, 0.3) is 5.91 Å². The molecule has 2 aromatic rings. The first-order chi connectivity index (χ1) is 16.9. The first kappa shape index (κ1) is 25.2. The summed E-state index contributed by atoms with van der Waals surface area (Å²) in [5.41, 5.74) is -1.42. The van der Waals surface area contributed by atoms with Crippen molar-refractivity contribution in [2.45, 2.75) is 74.9 Å². The summed E-state index contributed by atoms with van der Waals surface area (Å²) in [5.74, 6) is -3.00. The number of nitrogens with one attached hydrogen (secondary N) is 1. The van der Waals surface area contributed by atoms with Crippen molar-refractivity contribution in [2.75, 3.05) is 0 Å². The molecule has 36 heavy (non-hydrogen) atoms. The number of sulfonamides is 1. The minimum absolute atomic E-state index is 0.00241. The predicted molar refractivity (Wildman–Crippen MR) is 128 cm³/mol. The Labute approximate surface area is 208 Å². The Kier molecular flexibility index (Phi) is 6.20. The Morgan fingerprint density at radius 2 is 1.83 bits per heavy atom. The number of piperidine rings is 1. The number of aliphatic hydroxyl groups is 1. The van der Waals surface area contributed by atoms with Crippen molar-refractivity contribution in [3.05, 3.63) is 59.4 Å². The number of nitrogens with zero attached hydrogens (tertiary/aromatic N) is 1. The van der Waals surface area contributed by atoms with E-state index in [-0.39, 0.29) is 41.5 Å². The minimum atomic E-state index is -3.59. The van der Waals surface area contributed by atoms with Gasteiger partial charge in [0.1, 0.15) is 23.1 Å². The number of carbonyl (C=O) groups is 1. The summed E-state index contributed by atoms with van der Waals surface area (Å²) in [6.45, 7) is 3.10. The molecule has 1 heterocycles. The molecule has 0 bridgehead atoms. The van der Waals surface area contributed by atoms with Gasteiger partial charge in [0, 0.05) is 23.7 Å². The molecule has 6 nitrogen and oxygen atoms in total. The molecule has 0 aromatic heterocycles. The number of likely N-dealkylation sites (tertiary alicyclic amines) is 1. The third-order valence-electron chi connectivity index (χ3n) is 7.72. The maximum Gasteiger partial charge on any atom is 0.254 e. The molecule has 0 radical (unpaired) electrons. The van der Waals surface area contributed by atoms with Crippen molar-refractivity contribution in [3.63, 3.8) is 0 Å². The molecule has 3 aliphatic rings. The van der Waals surface area contributed by atoms with Crippen molar-refractivity contribution in [1.82, 2.24) is 9.62 Å². The molecular weight excluding hydrogens is 493 g/mol. The van der Waals surface area contributed by atoms with Crippen LogP contribution in [-0.2, 0) is 21.2 Å². The van der Waals surface area contributed by atoms with E-state index in [4.69, 9.17) is 0 Å². The van der Waals surface area contributed by atoms with Crippen LogP contribution in [0.15, 0.2) is 36.4 Å². The lowest BCUT2D eigenvalue weighted by Crippen LogP contribution is -2.56. The first-order valence-electron chi connectivity index (χ1n) is 12.2. The smallest absolute Gasteiger partial charge is 0.254 e. The van der Waals surface area contributed by atoms with Crippen LogP contribution in [-0.4, -0.2) is 53.3 Å². The van der Waals surface area contributed by atoms with Crippen LogP contribution in [0.25, 0.3) is 11.1 Å². The lowest BCUT2D eigenvalue weighted by molar-refractivity contribution is -0.152. The van der Waals surface area contributed by atoms with Gasteiger partial charge in [0.15, 0.2) is 0 Å². The van der Waals surface area contributed by atoms with Crippen LogP contribution >= 0.6 is 0 Å². The quantitative estimate of drug-likeness (QED) is 0.556. The van der Waals surface area contributed by atoms with Gasteiger partial charge < -0.3 is 10.0 Å². The molecule has 5 rings (SSSR count). The molecule has 0 spiro atoms. The lowest BCUT2D eigenvalue weighted by Gasteiger charge is -2.36. The first-order valence-corrected chi connectivity index (χ1v) is 13.8. The van der Waals surface area contributed by atoms with E-state index in [9.17, 15) is 27.1 Å². The highest BCUT2D eigenvalue weighted by Crippen LogP contribution is 2.50. The van der Waals surface area contributed by atoms with Gasteiger partial charge in [-0.1, -0.05) is 25.1 Å². The third-order valence-corrected chi connectivity index (χ3v) is 9.67. The molecule has 2 N–H and O–H groups in total. The molecule has 1 amide bonds. The minimum Gasteiger partial charge on any atom is -0.380 e. The highest BCUT2D eigenvalue weighted by atomic mass is 32.2. The molecule has 2 aromatic carbocycles. The van der Waals surface area contributed by atoms with Gasteiger partial charge >= 0.3 is 0 Å². The molecule has 2 aliphatic carbocycles. The largest absolute Gasteiger partial charge is 0.380 e. The highest BCUT2D eigenvalue weighted by molar-refractivity contribution is 7.90. The van der Waals surface area contributed by atoms with E-state index >= 15 is 4.39 Å². The summed E-state index contributed by atoms with van der Waals surface area (Å²) in [7, 11) is -3.59. The van der Waals surface area contributed by atoms with Crippen molar-refractivity contribution < 1.29 is 31.5 Å². The SMILES string of the molecule is CCC(C)(O)C(=O)N1[C@@H]2C[C@@H]2[C@@H](NS(=O)(=O)C2CC2)[C@H]1Cc1cccc(-c2cc(F)cc(F)c2)c1F. The lowest BCUT2D eigenvalue weighted by atomic mass is 9.93. The maximum absolute atomic E-state index is 15.7. The number of amides is 1. The molecule has 10 heteroatoms. The Balaban J connectivity index is 1.51. The Bertz CT molecular complexity index is 1290. The zero-order chi connectivity index (χ0) is 26.0. The van der Waals surface area contributed by atoms with E-state index in [1.54, 1.807) is 13.0 Å². The molecule has 194 valence electrons. The van der Waals surface area contributed by atoms with E-state index < -0.39 is 56.3 Å². The van der Waals surface area contributed by atoms with Gasteiger partial charge in [-0.15, -0.1) is 0 Å². The van der Waals surface area contributed by atoms with Gasteiger partial charge in [-0.05, 0) is 68.2 Å². The summed E-state index contributed by atoms with van der Waals surface area (Å²) >= 11 is 0. The third kappa shape index (κ3) is 4.54. The maximum atomic E-state index is 15.7. The van der Waals surface area contributed by atoms with E-state index in [1.807, 2.05) is 0 Å². The van der Waals surface area contributed by atoms with Gasteiger partial charge in [-0.3, -0.25) is 4.79 Å². The van der Waals surface area contributed by atoms with E-state index in [2.05, 4.69) is 4.72 Å². The van der Waals surface area contributed by atoms with Gasteiger partial charge in [0.2, 0.25) is 10.0 Å². The summed E-state index contributed by atoms with van der Waals surface area (Å²) in [4.78, 5) is 14.9. The van der Waals surface area contributed by atoms with Crippen LogP contribution in [0.4, 0.5) is 13.2 Å².